The average molecular weight is 217 g/mol. The second kappa shape index (κ2) is 4.66. The van der Waals surface area contributed by atoms with E-state index < -0.39 is 0 Å². The van der Waals surface area contributed by atoms with Gasteiger partial charge in [0.25, 0.3) is 0 Å². The van der Waals surface area contributed by atoms with E-state index in [1.807, 2.05) is 6.20 Å². The minimum absolute atomic E-state index is 0.702. The fourth-order valence-corrected chi connectivity index (χ4v) is 2.15. The number of fused-ring (bicyclic) bond motifs is 1. The first kappa shape index (κ1) is 11.1. The predicted octanol–water partition coefficient (Wildman–Crippen LogP) is 2.65. The number of aromatic nitrogens is 2. The van der Waals surface area contributed by atoms with E-state index in [-0.39, 0.29) is 0 Å². The van der Waals surface area contributed by atoms with Crippen LogP contribution in [0.5, 0.6) is 0 Å². The molecule has 16 heavy (non-hydrogen) atoms. The van der Waals surface area contributed by atoms with E-state index in [4.69, 9.17) is 0 Å². The zero-order chi connectivity index (χ0) is 11.5. The molecule has 0 aliphatic carbocycles. The maximum Gasteiger partial charge on any atom is 0.0653 e. The van der Waals surface area contributed by atoms with Crippen LogP contribution in [0.25, 0.3) is 10.9 Å². The van der Waals surface area contributed by atoms with E-state index in [2.05, 4.69) is 54.2 Å². The summed E-state index contributed by atoms with van der Waals surface area (Å²) in [5.41, 5.74) is 2.46. The molecular weight excluding hydrogens is 198 g/mol. The second-order valence-corrected chi connectivity index (χ2v) is 4.84. The number of rotatable bonds is 4. The van der Waals surface area contributed by atoms with E-state index in [1.54, 1.807) is 0 Å². The summed E-state index contributed by atoms with van der Waals surface area (Å²) in [5.74, 6) is 0.702. The zero-order valence-electron chi connectivity index (χ0n) is 10.2. The molecule has 0 saturated carbocycles. The van der Waals surface area contributed by atoms with Crippen molar-refractivity contribution in [2.24, 2.45) is 5.92 Å². The second-order valence-electron chi connectivity index (χ2n) is 4.84. The smallest absolute Gasteiger partial charge is 0.0653 e. The quantitative estimate of drug-likeness (QED) is 0.853. The van der Waals surface area contributed by atoms with Gasteiger partial charge < -0.3 is 4.90 Å². The molecule has 1 aromatic heterocycles. The molecule has 0 aliphatic heterocycles. The standard InChI is InChI=1S/C13H19N3/c1-10(2)8-16(3)9-11-5-4-6-13-12(11)7-14-15-13/h4-7,10H,8-9H2,1-3H3,(H,14,15). The molecule has 0 atom stereocenters. The number of H-pyrrole nitrogens is 1. The Bertz CT molecular complexity index is 459. The summed E-state index contributed by atoms with van der Waals surface area (Å²) in [7, 11) is 2.17. The molecule has 0 bridgehead atoms. The minimum Gasteiger partial charge on any atom is -0.302 e. The molecule has 0 unspecified atom stereocenters. The number of hydrogen-bond acceptors (Lipinski definition) is 2. The first-order valence-corrected chi connectivity index (χ1v) is 5.76. The largest absolute Gasteiger partial charge is 0.302 e. The summed E-state index contributed by atoms with van der Waals surface area (Å²) < 4.78 is 0. The van der Waals surface area contributed by atoms with Crippen molar-refractivity contribution in [2.45, 2.75) is 20.4 Å². The van der Waals surface area contributed by atoms with Crippen LogP contribution < -0.4 is 0 Å². The first-order valence-electron chi connectivity index (χ1n) is 5.76. The number of benzene rings is 1. The van der Waals surface area contributed by atoms with Crippen LogP contribution in [0.2, 0.25) is 0 Å². The highest BCUT2D eigenvalue weighted by atomic mass is 15.1. The van der Waals surface area contributed by atoms with Gasteiger partial charge in [0.15, 0.2) is 0 Å². The molecule has 0 radical (unpaired) electrons. The maximum absolute atomic E-state index is 4.09. The fraction of sp³-hybridized carbons (Fsp3) is 0.462. The Kier molecular flexibility index (Phi) is 3.25. The molecular formula is C13H19N3. The molecule has 0 spiro atoms. The van der Waals surface area contributed by atoms with Crippen LogP contribution in [0.15, 0.2) is 24.4 Å². The van der Waals surface area contributed by atoms with Gasteiger partial charge in [-0.1, -0.05) is 26.0 Å². The number of aromatic amines is 1. The van der Waals surface area contributed by atoms with Crippen molar-refractivity contribution in [1.82, 2.24) is 15.1 Å². The van der Waals surface area contributed by atoms with E-state index in [0.717, 1.165) is 18.6 Å². The van der Waals surface area contributed by atoms with Crippen molar-refractivity contribution in [3.63, 3.8) is 0 Å². The average Bonchev–Trinajstić information content (AvgIpc) is 2.65. The SMILES string of the molecule is CC(C)CN(C)Cc1cccc2[nH]ncc12. The Hall–Kier alpha value is -1.35. The van der Waals surface area contributed by atoms with Crippen molar-refractivity contribution < 1.29 is 0 Å². The van der Waals surface area contributed by atoms with E-state index in [0.29, 0.717) is 5.92 Å². The zero-order valence-corrected chi connectivity index (χ0v) is 10.2. The lowest BCUT2D eigenvalue weighted by atomic mass is 10.1. The molecule has 0 amide bonds. The Morgan fingerprint density at radius 3 is 2.94 bits per heavy atom. The predicted molar refractivity (Wildman–Crippen MR) is 67.3 cm³/mol. The highest BCUT2D eigenvalue weighted by molar-refractivity contribution is 5.81. The lowest BCUT2D eigenvalue weighted by molar-refractivity contribution is 0.289. The van der Waals surface area contributed by atoms with E-state index in [9.17, 15) is 0 Å². The third kappa shape index (κ3) is 2.42. The number of nitrogens with zero attached hydrogens (tertiary/aromatic N) is 2. The lowest BCUT2D eigenvalue weighted by Crippen LogP contribution is -2.22. The Balaban J connectivity index is 2.17. The van der Waals surface area contributed by atoms with Gasteiger partial charge in [0, 0.05) is 18.5 Å². The summed E-state index contributed by atoms with van der Waals surface area (Å²) in [6.45, 7) is 6.59. The summed E-state index contributed by atoms with van der Waals surface area (Å²) in [6.07, 6.45) is 1.91. The first-order chi connectivity index (χ1) is 7.66. The molecule has 2 rings (SSSR count). The Morgan fingerprint density at radius 2 is 2.19 bits per heavy atom. The fourth-order valence-electron chi connectivity index (χ4n) is 2.15. The Morgan fingerprint density at radius 1 is 1.38 bits per heavy atom. The third-order valence-corrected chi connectivity index (χ3v) is 2.69. The molecule has 0 saturated heterocycles. The van der Waals surface area contributed by atoms with E-state index in [1.165, 1.54) is 10.9 Å². The summed E-state index contributed by atoms with van der Waals surface area (Å²) >= 11 is 0. The number of hydrogen-bond donors (Lipinski definition) is 1. The normalized spacial score (nSPS) is 11.8. The molecule has 0 aliphatic rings. The van der Waals surface area contributed by atoms with Crippen molar-refractivity contribution in [1.29, 1.82) is 0 Å². The van der Waals surface area contributed by atoms with Crippen molar-refractivity contribution in [2.75, 3.05) is 13.6 Å². The number of nitrogens with one attached hydrogen (secondary N) is 1. The molecule has 1 heterocycles. The maximum atomic E-state index is 4.09. The van der Waals surface area contributed by atoms with Crippen LogP contribution in [0.3, 0.4) is 0 Å². The van der Waals surface area contributed by atoms with Crippen LogP contribution in [0, 0.1) is 5.92 Å². The Labute approximate surface area is 96.5 Å². The lowest BCUT2D eigenvalue weighted by Gasteiger charge is -2.19. The highest BCUT2D eigenvalue weighted by Crippen LogP contribution is 2.17. The van der Waals surface area contributed by atoms with Crippen LogP contribution in [-0.4, -0.2) is 28.7 Å². The van der Waals surface area contributed by atoms with Crippen molar-refractivity contribution in [3.8, 4) is 0 Å². The van der Waals surface area contributed by atoms with Gasteiger partial charge in [-0.3, -0.25) is 5.10 Å². The molecule has 0 fully saturated rings. The van der Waals surface area contributed by atoms with Crippen LogP contribution in [0.4, 0.5) is 0 Å². The summed E-state index contributed by atoms with van der Waals surface area (Å²) in [6, 6.07) is 6.32. The molecule has 3 heteroatoms. The van der Waals surface area contributed by atoms with Gasteiger partial charge >= 0.3 is 0 Å². The van der Waals surface area contributed by atoms with Gasteiger partial charge in [-0.25, -0.2) is 0 Å². The monoisotopic (exact) mass is 217 g/mol. The van der Waals surface area contributed by atoms with Gasteiger partial charge in [0.2, 0.25) is 0 Å². The van der Waals surface area contributed by atoms with Crippen molar-refractivity contribution >= 4 is 10.9 Å². The van der Waals surface area contributed by atoms with Crippen LogP contribution >= 0.6 is 0 Å². The van der Waals surface area contributed by atoms with Gasteiger partial charge in [0.1, 0.15) is 0 Å². The van der Waals surface area contributed by atoms with Gasteiger partial charge in [0.05, 0.1) is 11.7 Å². The summed E-state index contributed by atoms with van der Waals surface area (Å²) in [5, 5.41) is 8.33. The van der Waals surface area contributed by atoms with Gasteiger partial charge in [-0.05, 0) is 24.6 Å². The molecule has 2 aromatic rings. The van der Waals surface area contributed by atoms with E-state index >= 15 is 0 Å². The van der Waals surface area contributed by atoms with Crippen LogP contribution in [0.1, 0.15) is 19.4 Å². The topological polar surface area (TPSA) is 31.9 Å². The van der Waals surface area contributed by atoms with Crippen LogP contribution in [-0.2, 0) is 6.54 Å². The summed E-state index contributed by atoms with van der Waals surface area (Å²) in [4.78, 5) is 2.35. The molecule has 86 valence electrons. The molecule has 1 aromatic carbocycles. The van der Waals surface area contributed by atoms with Gasteiger partial charge in [-0.15, -0.1) is 0 Å². The molecule has 3 nitrogen and oxygen atoms in total. The molecule has 1 N–H and O–H groups in total. The van der Waals surface area contributed by atoms with Gasteiger partial charge in [-0.2, -0.15) is 5.10 Å². The highest BCUT2D eigenvalue weighted by Gasteiger charge is 2.06. The minimum atomic E-state index is 0.702. The third-order valence-electron chi connectivity index (χ3n) is 2.69. The van der Waals surface area contributed by atoms with Crippen molar-refractivity contribution in [3.05, 3.63) is 30.0 Å².